The molecule has 0 aliphatic rings. The number of carbonyl (C=O) groups is 6. The Kier molecular flexibility index (Phi) is 14.5. The summed E-state index contributed by atoms with van der Waals surface area (Å²) in [6.45, 7) is 8.78. The van der Waals surface area contributed by atoms with Crippen LogP contribution in [0.1, 0.15) is 63.9 Å². The van der Waals surface area contributed by atoms with Crippen molar-refractivity contribution >= 4 is 58.8 Å². The quantitative estimate of drug-likeness (QED) is 0.194. The number of halogens is 2. The average Bonchev–Trinajstić information content (AvgIpc) is 2.96. The van der Waals surface area contributed by atoms with E-state index >= 15 is 0 Å². The van der Waals surface area contributed by atoms with Crippen molar-refractivity contribution in [3.05, 3.63) is 69.7 Å². The first kappa shape index (κ1) is 38.0. The number of amides is 3. The Bertz CT molecular complexity index is 1390. The molecule has 0 aromatic heterocycles. The Morgan fingerprint density at radius 1 is 0.783 bits per heavy atom. The van der Waals surface area contributed by atoms with E-state index in [4.69, 9.17) is 37.4 Å². The van der Waals surface area contributed by atoms with Crippen molar-refractivity contribution < 1.29 is 43.0 Å². The monoisotopic (exact) mass is 679 g/mol. The van der Waals surface area contributed by atoms with Crippen LogP contribution in [0.15, 0.2) is 48.5 Å². The molecule has 14 heteroatoms. The van der Waals surface area contributed by atoms with Gasteiger partial charge in [-0.15, -0.1) is 0 Å². The van der Waals surface area contributed by atoms with Crippen LogP contribution in [0.4, 0.5) is 4.79 Å². The molecule has 0 aliphatic heterocycles. The van der Waals surface area contributed by atoms with Gasteiger partial charge in [0.25, 0.3) is 0 Å². The molecule has 3 atom stereocenters. The number of ketones is 1. The summed E-state index contributed by atoms with van der Waals surface area (Å²) >= 11 is 12.1. The number of benzene rings is 2. The molecule has 0 aliphatic carbocycles. The number of hydrogen-bond acceptors (Lipinski definition) is 9. The zero-order chi connectivity index (χ0) is 34.6. The molecule has 0 saturated heterocycles. The minimum Gasteiger partial charge on any atom is -0.460 e. The van der Waals surface area contributed by atoms with E-state index in [-0.39, 0.29) is 28.1 Å². The number of nitrogens with one attached hydrogen (secondary N) is 3. The fraction of sp³-hybridized carbons (Fsp3) is 0.438. The standard InChI is InChI=1S/C32H39Cl2N3O9/c1-18(2)27(37-31(43)45-16-20-11-8-7-9-12-20)29(41)35-19(3)28(40)36-23(15-25(39)46-32(4,5)6)24(38)17-44-30(42)26-21(33)13-10-14-22(26)34/h7-14,18-19,23,27H,15-17H2,1-6H3,(H,35,41)(H,36,40)(H,37,43)/t19-,23-,27-/m0/s1. The van der Waals surface area contributed by atoms with E-state index in [1.807, 2.05) is 6.07 Å². The summed E-state index contributed by atoms with van der Waals surface area (Å²) in [4.78, 5) is 76.8. The number of Topliss-reactive ketones (excluding diaryl/α,β-unsaturated/α-hetero) is 1. The highest BCUT2D eigenvalue weighted by molar-refractivity contribution is 6.39. The van der Waals surface area contributed by atoms with E-state index in [1.165, 1.54) is 25.1 Å². The highest BCUT2D eigenvalue weighted by Gasteiger charge is 2.32. The Morgan fingerprint density at radius 3 is 1.96 bits per heavy atom. The van der Waals surface area contributed by atoms with Crippen LogP contribution < -0.4 is 16.0 Å². The van der Waals surface area contributed by atoms with Gasteiger partial charge in [0.2, 0.25) is 11.8 Å². The smallest absolute Gasteiger partial charge is 0.408 e. The van der Waals surface area contributed by atoms with Gasteiger partial charge in [-0.3, -0.25) is 19.2 Å². The van der Waals surface area contributed by atoms with Crippen LogP contribution in [0.3, 0.4) is 0 Å². The fourth-order valence-electron chi connectivity index (χ4n) is 3.89. The third-order valence-corrected chi connectivity index (χ3v) is 6.83. The molecule has 3 amide bonds. The molecule has 12 nitrogen and oxygen atoms in total. The number of hydrogen-bond donors (Lipinski definition) is 3. The van der Waals surface area contributed by atoms with Crippen molar-refractivity contribution in [3.8, 4) is 0 Å². The average molecular weight is 681 g/mol. The molecule has 3 N–H and O–H groups in total. The lowest BCUT2D eigenvalue weighted by atomic mass is 10.0. The molecule has 0 spiro atoms. The Labute approximate surface area is 277 Å². The lowest BCUT2D eigenvalue weighted by Gasteiger charge is -2.25. The number of rotatable bonds is 14. The molecular weight excluding hydrogens is 641 g/mol. The summed E-state index contributed by atoms with van der Waals surface area (Å²) in [6.07, 6.45) is -1.42. The normalized spacial score (nSPS) is 13.1. The maximum atomic E-state index is 13.1. The van der Waals surface area contributed by atoms with Gasteiger partial charge in [-0.1, -0.05) is 73.4 Å². The van der Waals surface area contributed by atoms with Gasteiger partial charge in [0.15, 0.2) is 12.4 Å². The molecule has 0 heterocycles. The van der Waals surface area contributed by atoms with Crippen LogP contribution in [-0.4, -0.2) is 66.0 Å². The second-order valence-electron chi connectivity index (χ2n) is 11.6. The van der Waals surface area contributed by atoms with E-state index in [9.17, 15) is 28.8 Å². The molecule has 0 bridgehead atoms. The second kappa shape index (κ2) is 17.5. The van der Waals surface area contributed by atoms with Gasteiger partial charge in [0.1, 0.15) is 30.3 Å². The molecule has 0 unspecified atom stereocenters. The summed E-state index contributed by atoms with van der Waals surface area (Å²) in [5.41, 5.74) is -0.281. The highest BCUT2D eigenvalue weighted by atomic mass is 35.5. The maximum Gasteiger partial charge on any atom is 0.408 e. The van der Waals surface area contributed by atoms with E-state index in [0.29, 0.717) is 0 Å². The number of carbonyl (C=O) groups excluding carboxylic acids is 6. The van der Waals surface area contributed by atoms with Gasteiger partial charge in [0, 0.05) is 0 Å². The maximum absolute atomic E-state index is 13.1. The van der Waals surface area contributed by atoms with Gasteiger partial charge >= 0.3 is 18.0 Å². The zero-order valence-electron chi connectivity index (χ0n) is 26.5. The van der Waals surface area contributed by atoms with Gasteiger partial charge < -0.3 is 30.2 Å². The van der Waals surface area contributed by atoms with E-state index in [0.717, 1.165) is 5.56 Å². The van der Waals surface area contributed by atoms with E-state index < -0.39 is 72.4 Å². The molecule has 2 aromatic carbocycles. The molecule has 0 fully saturated rings. The predicted molar refractivity (Wildman–Crippen MR) is 170 cm³/mol. The van der Waals surface area contributed by atoms with Gasteiger partial charge in [0.05, 0.1) is 22.0 Å². The zero-order valence-corrected chi connectivity index (χ0v) is 28.0. The lowest BCUT2D eigenvalue weighted by Crippen LogP contribution is -2.56. The van der Waals surface area contributed by atoms with Crippen molar-refractivity contribution in [1.82, 2.24) is 16.0 Å². The molecule has 0 radical (unpaired) electrons. The fourth-order valence-corrected chi connectivity index (χ4v) is 4.44. The van der Waals surface area contributed by atoms with Crippen molar-refractivity contribution in [3.63, 3.8) is 0 Å². The second-order valence-corrected chi connectivity index (χ2v) is 12.5. The van der Waals surface area contributed by atoms with Crippen LogP contribution in [0.2, 0.25) is 10.0 Å². The van der Waals surface area contributed by atoms with Gasteiger partial charge in [-0.2, -0.15) is 0 Å². The predicted octanol–water partition coefficient (Wildman–Crippen LogP) is 4.39. The minimum absolute atomic E-state index is 0.00627. The number of ether oxygens (including phenoxy) is 3. The molecule has 2 rings (SSSR count). The SMILES string of the molecule is CC(C)[C@H](NC(=O)OCc1ccccc1)C(=O)N[C@@H](C)C(=O)N[C@@H](CC(=O)OC(C)(C)C)C(=O)COC(=O)c1c(Cl)cccc1Cl. The number of alkyl carbamates (subject to hydrolysis) is 1. The van der Waals surface area contributed by atoms with E-state index in [1.54, 1.807) is 58.9 Å². The molecule has 2 aromatic rings. The van der Waals surface area contributed by atoms with Crippen molar-refractivity contribution in [2.75, 3.05) is 6.61 Å². The summed E-state index contributed by atoms with van der Waals surface area (Å²) < 4.78 is 15.6. The third-order valence-electron chi connectivity index (χ3n) is 6.20. The summed E-state index contributed by atoms with van der Waals surface area (Å²) in [7, 11) is 0. The van der Waals surface area contributed by atoms with Crippen LogP contribution in [0.25, 0.3) is 0 Å². The van der Waals surface area contributed by atoms with Crippen LogP contribution in [0, 0.1) is 5.92 Å². The van der Waals surface area contributed by atoms with Crippen LogP contribution in [0.5, 0.6) is 0 Å². The first-order valence-corrected chi connectivity index (χ1v) is 15.2. The van der Waals surface area contributed by atoms with Crippen molar-refractivity contribution in [1.29, 1.82) is 0 Å². The van der Waals surface area contributed by atoms with Crippen molar-refractivity contribution in [2.45, 2.75) is 78.3 Å². The Morgan fingerprint density at radius 2 is 1.39 bits per heavy atom. The molecular formula is C32H39Cl2N3O9. The Hall–Kier alpha value is -4.16. The first-order valence-electron chi connectivity index (χ1n) is 14.4. The van der Waals surface area contributed by atoms with E-state index in [2.05, 4.69) is 16.0 Å². The highest BCUT2D eigenvalue weighted by Crippen LogP contribution is 2.25. The number of esters is 2. The third kappa shape index (κ3) is 12.7. The topological polar surface area (TPSA) is 166 Å². The lowest BCUT2D eigenvalue weighted by molar-refractivity contribution is -0.156. The molecule has 0 saturated carbocycles. The largest absolute Gasteiger partial charge is 0.460 e. The summed E-state index contributed by atoms with van der Waals surface area (Å²) in [5, 5.41) is 7.42. The summed E-state index contributed by atoms with van der Waals surface area (Å²) in [6, 6.07) is 9.56. The van der Waals surface area contributed by atoms with Crippen molar-refractivity contribution in [2.24, 2.45) is 5.92 Å². The van der Waals surface area contributed by atoms with Crippen LogP contribution >= 0.6 is 23.2 Å². The Balaban J connectivity index is 2.07. The van der Waals surface area contributed by atoms with Gasteiger partial charge in [-0.05, 0) is 51.3 Å². The minimum atomic E-state index is -1.48. The van der Waals surface area contributed by atoms with Gasteiger partial charge in [-0.25, -0.2) is 9.59 Å². The molecule has 250 valence electrons. The van der Waals surface area contributed by atoms with Crippen LogP contribution in [-0.2, 0) is 40.0 Å². The molecule has 46 heavy (non-hydrogen) atoms. The first-order chi connectivity index (χ1) is 21.5. The summed E-state index contributed by atoms with van der Waals surface area (Å²) in [5.74, 6) is -4.53.